The van der Waals surface area contributed by atoms with E-state index >= 15 is 0 Å². The average molecular weight is 443 g/mol. The maximum atomic E-state index is 13.1. The second-order valence-electron chi connectivity index (χ2n) is 8.02. The maximum absolute atomic E-state index is 13.1. The van der Waals surface area contributed by atoms with Gasteiger partial charge in [-0.25, -0.2) is 0 Å². The highest BCUT2D eigenvalue weighted by Crippen LogP contribution is 2.48. The van der Waals surface area contributed by atoms with Crippen LogP contribution in [0.1, 0.15) is 48.0 Å². The van der Waals surface area contributed by atoms with E-state index in [2.05, 4.69) is 5.32 Å². The SMILES string of the molecule is COc1c(Oc2ccc(CCN)cc2)cc(C(=O)NCC2CCCCC2)c(OC)c1OC. The van der Waals surface area contributed by atoms with Gasteiger partial charge in [-0.05, 0) is 49.4 Å². The summed E-state index contributed by atoms with van der Waals surface area (Å²) in [5, 5.41) is 3.06. The van der Waals surface area contributed by atoms with Crippen LogP contribution in [-0.2, 0) is 6.42 Å². The first kappa shape index (κ1) is 23.7. The summed E-state index contributed by atoms with van der Waals surface area (Å²) in [5.74, 6) is 2.27. The van der Waals surface area contributed by atoms with Crippen LogP contribution in [0.5, 0.6) is 28.7 Å². The van der Waals surface area contributed by atoms with Gasteiger partial charge in [0.05, 0.1) is 26.9 Å². The van der Waals surface area contributed by atoms with Gasteiger partial charge in [-0.3, -0.25) is 4.79 Å². The van der Waals surface area contributed by atoms with E-state index in [-0.39, 0.29) is 5.91 Å². The number of amides is 1. The molecule has 1 amide bonds. The number of nitrogens with two attached hydrogens (primary N) is 1. The van der Waals surface area contributed by atoms with Crippen molar-refractivity contribution in [3.05, 3.63) is 41.5 Å². The van der Waals surface area contributed by atoms with Crippen molar-refractivity contribution in [1.82, 2.24) is 5.32 Å². The zero-order valence-corrected chi connectivity index (χ0v) is 19.2. The van der Waals surface area contributed by atoms with Crippen LogP contribution in [0, 0.1) is 5.92 Å². The van der Waals surface area contributed by atoms with Gasteiger partial charge in [-0.2, -0.15) is 0 Å². The molecule has 1 fully saturated rings. The topological polar surface area (TPSA) is 92.0 Å². The fourth-order valence-corrected chi connectivity index (χ4v) is 4.17. The molecular formula is C25H34N2O5. The van der Waals surface area contributed by atoms with Crippen LogP contribution in [0.15, 0.2) is 30.3 Å². The van der Waals surface area contributed by atoms with Crippen LogP contribution in [0.25, 0.3) is 0 Å². The molecule has 0 unspecified atom stereocenters. The molecular weight excluding hydrogens is 408 g/mol. The lowest BCUT2D eigenvalue weighted by atomic mass is 9.89. The van der Waals surface area contributed by atoms with Gasteiger partial charge in [0.25, 0.3) is 5.91 Å². The minimum atomic E-state index is -0.225. The molecule has 0 aliphatic heterocycles. The minimum Gasteiger partial charge on any atom is -0.492 e. The van der Waals surface area contributed by atoms with E-state index in [9.17, 15) is 4.79 Å². The number of carbonyl (C=O) groups is 1. The van der Waals surface area contributed by atoms with Crippen molar-refractivity contribution in [2.75, 3.05) is 34.4 Å². The highest BCUT2D eigenvalue weighted by Gasteiger charge is 2.26. The quantitative estimate of drug-likeness (QED) is 0.569. The van der Waals surface area contributed by atoms with E-state index in [0.717, 1.165) is 24.8 Å². The van der Waals surface area contributed by atoms with E-state index in [1.807, 2.05) is 24.3 Å². The zero-order chi connectivity index (χ0) is 22.9. The van der Waals surface area contributed by atoms with Gasteiger partial charge < -0.3 is 30.0 Å². The summed E-state index contributed by atoms with van der Waals surface area (Å²) >= 11 is 0. The number of rotatable bonds is 10. The van der Waals surface area contributed by atoms with Gasteiger partial charge in [-0.15, -0.1) is 0 Å². The van der Waals surface area contributed by atoms with Crippen molar-refractivity contribution in [3.8, 4) is 28.7 Å². The number of ether oxygens (including phenoxy) is 4. The highest BCUT2D eigenvalue weighted by atomic mass is 16.5. The van der Waals surface area contributed by atoms with Gasteiger partial charge in [0, 0.05) is 12.6 Å². The standard InChI is InChI=1S/C25H34N2O5/c1-29-22-20(25(28)27-16-18-7-5-4-6-8-18)15-21(23(30-2)24(22)31-3)32-19-11-9-17(10-12-19)13-14-26/h9-12,15,18H,4-8,13-14,16,26H2,1-3H3,(H,27,28). The molecule has 1 aliphatic carbocycles. The number of hydrogen-bond donors (Lipinski definition) is 2. The molecule has 0 saturated heterocycles. The van der Waals surface area contributed by atoms with Crippen LogP contribution in [-0.4, -0.2) is 40.3 Å². The predicted octanol–water partition coefficient (Wildman–Crippen LogP) is 4.32. The molecule has 0 aromatic heterocycles. The van der Waals surface area contributed by atoms with Gasteiger partial charge in [-0.1, -0.05) is 31.4 Å². The van der Waals surface area contributed by atoms with Crippen LogP contribution in [0.3, 0.4) is 0 Å². The second-order valence-corrected chi connectivity index (χ2v) is 8.02. The molecule has 32 heavy (non-hydrogen) atoms. The molecule has 7 heteroatoms. The molecule has 0 spiro atoms. The summed E-state index contributed by atoms with van der Waals surface area (Å²) in [6.07, 6.45) is 6.83. The summed E-state index contributed by atoms with van der Waals surface area (Å²) in [6, 6.07) is 9.30. The van der Waals surface area contributed by atoms with Gasteiger partial charge in [0.15, 0.2) is 11.5 Å². The van der Waals surface area contributed by atoms with E-state index < -0.39 is 0 Å². The maximum Gasteiger partial charge on any atom is 0.255 e. The Hall–Kier alpha value is -2.93. The van der Waals surface area contributed by atoms with Crippen LogP contribution in [0.2, 0.25) is 0 Å². The first-order valence-corrected chi connectivity index (χ1v) is 11.2. The Morgan fingerprint density at radius 2 is 1.62 bits per heavy atom. The third kappa shape index (κ3) is 5.65. The number of hydrogen-bond acceptors (Lipinski definition) is 6. The van der Waals surface area contributed by atoms with Crippen molar-refractivity contribution >= 4 is 5.91 Å². The Balaban J connectivity index is 1.89. The fraction of sp³-hybridized carbons (Fsp3) is 0.480. The zero-order valence-electron chi connectivity index (χ0n) is 19.2. The van der Waals surface area contributed by atoms with Gasteiger partial charge in [0.1, 0.15) is 5.75 Å². The minimum absolute atomic E-state index is 0.225. The Bertz CT molecular complexity index is 892. The van der Waals surface area contributed by atoms with Gasteiger partial charge in [0.2, 0.25) is 11.5 Å². The van der Waals surface area contributed by atoms with Crippen LogP contribution in [0.4, 0.5) is 0 Å². The summed E-state index contributed by atoms with van der Waals surface area (Å²) in [7, 11) is 4.54. The lowest BCUT2D eigenvalue weighted by molar-refractivity contribution is 0.0939. The van der Waals surface area contributed by atoms with Crippen molar-refractivity contribution in [2.24, 2.45) is 11.7 Å². The van der Waals surface area contributed by atoms with E-state index in [0.29, 0.717) is 53.3 Å². The van der Waals surface area contributed by atoms with E-state index in [4.69, 9.17) is 24.7 Å². The molecule has 174 valence electrons. The largest absolute Gasteiger partial charge is 0.492 e. The van der Waals surface area contributed by atoms with E-state index in [1.165, 1.54) is 40.6 Å². The van der Waals surface area contributed by atoms with Crippen molar-refractivity contribution < 1.29 is 23.7 Å². The summed E-state index contributed by atoms with van der Waals surface area (Å²) in [5.41, 5.74) is 7.10. The molecule has 2 aromatic carbocycles. The molecule has 7 nitrogen and oxygen atoms in total. The Morgan fingerprint density at radius 1 is 0.969 bits per heavy atom. The molecule has 3 rings (SSSR count). The molecule has 1 aliphatic rings. The first-order valence-electron chi connectivity index (χ1n) is 11.2. The summed E-state index contributed by atoms with van der Waals surface area (Å²) in [4.78, 5) is 13.1. The van der Waals surface area contributed by atoms with E-state index in [1.54, 1.807) is 6.07 Å². The molecule has 1 saturated carbocycles. The average Bonchev–Trinajstić information content (AvgIpc) is 2.83. The number of carbonyl (C=O) groups excluding carboxylic acids is 1. The Kier molecular flexibility index (Phi) is 8.62. The molecule has 3 N–H and O–H groups in total. The Morgan fingerprint density at radius 3 is 2.22 bits per heavy atom. The molecule has 2 aromatic rings. The molecule has 0 radical (unpaired) electrons. The van der Waals surface area contributed by atoms with Crippen molar-refractivity contribution in [2.45, 2.75) is 38.5 Å². The monoisotopic (exact) mass is 442 g/mol. The third-order valence-electron chi connectivity index (χ3n) is 5.87. The molecule has 0 atom stereocenters. The lowest BCUT2D eigenvalue weighted by Gasteiger charge is -2.23. The van der Waals surface area contributed by atoms with Crippen LogP contribution < -0.4 is 30.0 Å². The molecule has 0 heterocycles. The smallest absolute Gasteiger partial charge is 0.255 e. The first-order chi connectivity index (χ1) is 15.6. The van der Waals surface area contributed by atoms with Crippen LogP contribution >= 0.6 is 0 Å². The van der Waals surface area contributed by atoms with Gasteiger partial charge >= 0.3 is 0 Å². The van der Waals surface area contributed by atoms with Crippen molar-refractivity contribution in [1.29, 1.82) is 0 Å². The fourth-order valence-electron chi connectivity index (χ4n) is 4.17. The number of methoxy groups -OCH3 is 3. The second kappa shape index (κ2) is 11.6. The highest BCUT2D eigenvalue weighted by molar-refractivity contribution is 5.99. The molecule has 0 bridgehead atoms. The number of benzene rings is 2. The Labute approximate surface area is 190 Å². The third-order valence-corrected chi connectivity index (χ3v) is 5.87. The van der Waals surface area contributed by atoms with Crippen molar-refractivity contribution in [3.63, 3.8) is 0 Å². The lowest BCUT2D eigenvalue weighted by Crippen LogP contribution is -2.30. The number of nitrogens with one attached hydrogen (secondary N) is 1. The summed E-state index contributed by atoms with van der Waals surface area (Å²) in [6.45, 7) is 1.23. The predicted molar refractivity (Wildman–Crippen MR) is 124 cm³/mol. The summed E-state index contributed by atoms with van der Waals surface area (Å²) < 4.78 is 22.7. The normalized spacial score (nSPS) is 14.0.